The molecular weight excluding hydrogens is 272 g/mol. The number of ether oxygens (including phenoxy) is 2. The van der Waals surface area contributed by atoms with Crippen LogP contribution in [0.25, 0.3) is 11.5 Å². The molecule has 21 heavy (non-hydrogen) atoms. The van der Waals surface area contributed by atoms with E-state index in [0.717, 1.165) is 12.8 Å². The lowest BCUT2D eigenvalue weighted by atomic mass is 9.96. The average Bonchev–Trinajstić information content (AvgIpc) is 3.00. The van der Waals surface area contributed by atoms with Crippen LogP contribution in [0.2, 0.25) is 0 Å². The van der Waals surface area contributed by atoms with Crippen molar-refractivity contribution in [1.29, 1.82) is 0 Å². The van der Waals surface area contributed by atoms with Gasteiger partial charge in [-0.3, -0.25) is 0 Å². The summed E-state index contributed by atoms with van der Waals surface area (Å²) in [6, 6.07) is 5.11. The maximum absolute atomic E-state index is 10.1. The number of phenols is 1. The largest absolute Gasteiger partial charge is 0.504 e. The van der Waals surface area contributed by atoms with Crippen LogP contribution < -0.4 is 4.74 Å². The molecule has 0 spiro atoms. The lowest BCUT2D eigenvalue weighted by Crippen LogP contribution is -2.28. The summed E-state index contributed by atoms with van der Waals surface area (Å²) in [4.78, 5) is 4.38. The van der Waals surface area contributed by atoms with Gasteiger partial charge in [0.25, 0.3) is 5.89 Å². The summed E-state index contributed by atoms with van der Waals surface area (Å²) >= 11 is 0. The molecule has 0 fully saturated rings. The van der Waals surface area contributed by atoms with Gasteiger partial charge in [-0.05, 0) is 25.0 Å². The van der Waals surface area contributed by atoms with Crippen molar-refractivity contribution in [2.24, 2.45) is 0 Å². The molecule has 0 aliphatic heterocycles. The molecule has 0 atom stereocenters. The first-order valence-corrected chi connectivity index (χ1v) is 6.87. The second kappa shape index (κ2) is 6.13. The lowest BCUT2D eigenvalue weighted by molar-refractivity contribution is -0.0306. The van der Waals surface area contributed by atoms with Crippen LogP contribution in [0.5, 0.6) is 11.5 Å². The zero-order valence-corrected chi connectivity index (χ0v) is 12.7. The Morgan fingerprint density at radius 2 is 1.95 bits per heavy atom. The zero-order chi connectivity index (χ0) is 15.5. The van der Waals surface area contributed by atoms with Crippen LogP contribution in [0.4, 0.5) is 0 Å². The van der Waals surface area contributed by atoms with Crippen molar-refractivity contribution in [2.45, 2.75) is 32.3 Å². The first-order valence-electron chi connectivity index (χ1n) is 6.87. The van der Waals surface area contributed by atoms with Gasteiger partial charge in [0, 0.05) is 7.11 Å². The summed E-state index contributed by atoms with van der Waals surface area (Å²) in [7, 11) is 3.12. The maximum Gasteiger partial charge on any atom is 0.261 e. The van der Waals surface area contributed by atoms with Crippen LogP contribution in [-0.4, -0.2) is 29.5 Å². The van der Waals surface area contributed by atoms with Gasteiger partial charge in [0.2, 0.25) is 5.82 Å². The Kier molecular flexibility index (Phi) is 4.47. The van der Waals surface area contributed by atoms with E-state index in [1.165, 1.54) is 7.11 Å². The molecule has 0 unspecified atom stereocenters. The Morgan fingerprint density at radius 1 is 1.24 bits per heavy atom. The molecule has 6 heteroatoms. The third kappa shape index (κ3) is 2.58. The van der Waals surface area contributed by atoms with Crippen molar-refractivity contribution in [3.63, 3.8) is 0 Å². The second-order valence-corrected chi connectivity index (χ2v) is 4.69. The van der Waals surface area contributed by atoms with Crippen LogP contribution in [0.1, 0.15) is 32.5 Å². The van der Waals surface area contributed by atoms with E-state index in [1.54, 1.807) is 25.3 Å². The van der Waals surface area contributed by atoms with E-state index in [9.17, 15) is 5.11 Å². The minimum absolute atomic E-state index is 0.0220. The minimum atomic E-state index is -0.573. The number of nitrogens with zero attached hydrogens (tertiary/aromatic N) is 2. The molecule has 0 bridgehead atoms. The van der Waals surface area contributed by atoms with E-state index < -0.39 is 5.60 Å². The van der Waals surface area contributed by atoms with Gasteiger partial charge in [-0.2, -0.15) is 4.98 Å². The lowest BCUT2D eigenvalue weighted by Gasteiger charge is -2.25. The van der Waals surface area contributed by atoms with Crippen molar-refractivity contribution in [3.8, 4) is 23.0 Å². The second-order valence-electron chi connectivity index (χ2n) is 4.69. The van der Waals surface area contributed by atoms with Crippen LogP contribution in [0.3, 0.4) is 0 Å². The Bertz CT molecular complexity index is 597. The number of rotatable bonds is 6. The molecule has 0 amide bonds. The van der Waals surface area contributed by atoms with Gasteiger partial charge >= 0.3 is 0 Å². The summed E-state index contributed by atoms with van der Waals surface area (Å²) in [5.74, 6) is 1.05. The number of methoxy groups -OCH3 is 2. The highest BCUT2D eigenvalue weighted by Gasteiger charge is 2.34. The molecule has 0 saturated carbocycles. The third-order valence-corrected chi connectivity index (χ3v) is 3.82. The Hall–Kier alpha value is -2.08. The minimum Gasteiger partial charge on any atom is -0.504 e. The molecule has 1 heterocycles. The molecule has 0 aliphatic carbocycles. The van der Waals surface area contributed by atoms with E-state index in [0.29, 0.717) is 17.1 Å². The first-order chi connectivity index (χ1) is 10.1. The molecule has 2 rings (SSSR count). The molecule has 1 aromatic heterocycles. The van der Waals surface area contributed by atoms with E-state index in [-0.39, 0.29) is 11.6 Å². The smallest absolute Gasteiger partial charge is 0.261 e. The monoisotopic (exact) mass is 292 g/mol. The predicted octanol–water partition coefficient (Wildman–Crippen LogP) is 3.11. The van der Waals surface area contributed by atoms with Crippen LogP contribution >= 0.6 is 0 Å². The van der Waals surface area contributed by atoms with Crippen molar-refractivity contribution in [3.05, 3.63) is 24.0 Å². The zero-order valence-electron chi connectivity index (χ0n) is 12.7. The Balaban J connectivity index is 2.45. The molecule has 0 radical (unpaired) electrons. The van der Waals surface area contributed by atoms with E-state index in [4.69, 9.17) is 14.0 Å². The maximum atomic E-state index is 10.1. The van der Waals surface area contributed by atoms with Crippen LogP contribution in [0.15, 0.2) is 22.7 Å². The standard InChI is InChI=1S/C15H20N2O4/c1-5-15(6-2,20-4)14-16-13(21-17-14)10-8-7-9-11(19-3)12(10)18/h7-9,18H,5-6H2,1-4H3. The van der Waals surface area contributed by atoms with Crippen LogP contribution in [0, 0.1) is 0 Å². The van der Waals surface area contributed by atoms with Crippen molar-refractivity contribution < 1.29 is 19.1 Å². The van der Waals surface area contributed by atoms with Crippen molar-refractivity contribution in [2.75, 3.05) is 14.2 Å². The summed E-state index contributed by atoms with van der Waals surface area (Å²) in [6.07, 6.45) is 1.45. The fourth-order valence-corrected chi connectivity index (χ4v) is 2.32. The fourth-order valence-electron chi connectivity index (χ4n) is 2.32. The van der Waals surface area contributed by atoms with Gasteiger partial charge in [-0.15, -0.1) is 0 Å². The van der Waals surface area contributed by atoms with Gasteiger partial charge in [-0.25, -0.2) is 0 Å². The number of aromatic hydroxyl groups is 1. The first kappa shape index (κ1) is 15.3. The highest BCUT2D eigenvalue weighted by Crippen LogP contribution is 2.37. The number of phenolic OH excluding ortho intramolecular Hbond substituents is 1. The topological polar surface area (TPSA) is 77.6 Å². The number of benzene rings is 1. The predicted molar refractivity (Wildman–Crippen MR) is 77.2 cm³/mol. The van der Waals surface area contributed by atoms with Crippen molar-refractivity contribution >= 4 is 0 Å². The summed E-state index contributed by atoms with van der Waals surface area (Å²) < 4.78 is 15.9. The van der Waals surface area contributed by atoms with Crippen LogP contribution in [-0.2, 0) is 10.3 Å². The summed E-state index contributed by atoms with van der Waals surface area (Å²) in [6.45, 7) is 4.01. The van der Waals surface area contributed by atoms with Gasteiger partial charge in [-0.1, -0.05) is 25.1 Å². The number of hydrogen-bond donors (Lipinski definition) is 1. The SMILES string of the molecule is CCC(CC)(OC)c1noc(-c2cccc(OC)c2O)n1. The normalized spacial score (nSPS) is 11.6. The molecule has 0 aliphatic rings. The highest BCUT2D eigenvalue weighted by molar-refractivity contribution is 5.66. The average molecular weight is 292 g/mol. The summed E-state index contributed by atoms with van der Waals surface area (Å²) in [5, 5.41) is 14.2. The number of hydrogen-bond acceptors (Lipinski definition) is 6. The third-order valence-electron chi connectivity index (χ3n) is 3.82. The Morgan fingerprint density at radius 3 is 2.52 bits per heavy atom. The van der Waals surface area contributed by atoms with E-state index in [1.807, 2.05) is 13.8 Å². The molecule has 114 valence electrons. The molecule has 6 nitrogen and oxygen atoms in total. The fraction of sp³-hybridized carbons (Fsp3) is 0.467. The quantitative estimate of drug-likeness (QED) is 0.881. The molecule has 1 N–H and O–H groups in total. The van der Waals surface area contributed by atoms with E-state index >= 15 is 0 Å². The summed E-state index contributed by atoms with van der Waals surface area (Å²) in [5.41, 5.74) is -0.138. The highest BCUT2D eigenvalue weighted by atomic mass is 16.5. The number of para-hydroxylation sites is 1. The van der Waals surface area contributed by atoms with Crippen molar-refractivity contribution in [1.82, 2.24) is 10.1 Å². The van der Waals surface area contributed by atoms with Gasteiger partial charge in [0.05, 0.1) is 12.7 Å². The molecular formula is C15H20N2O4. The Labute approximate surface area is 123 Å². The van der Waals surface area contributed by atoms with Gasteiger partial charge in [0.1, 0.15) is 5.60 Å². The van der Waals surface area contributed by atoms with E-state index in [2.05, 4.69) is 10.1 Å². The van der Waals surface area contributed by atoms with Gasteiger partial charge < -0.3 is 19.1 Å². The number of aromatic nitrogens is 2. The molecule has 1 aromatic carbocycles. The van der Waals surface area contributed by atoms with Gasteiger partial charge in [0.15, 0.2) is 11.5 Å². The molecule has 2 aromatic rings. The molecule has 0 saturated heterocycles.